The molecule has 0 unspecified atom stereocenters. The molecule has 0 saturated heterocycles. The van der Waals surface area contributed by atoms with Crippen molar-refractivity contribution in [2.24, 2.45) is 4.99 Å². The van der Waals surface area contributed by atoms with Crippen molar-refractivity contribution in [2.45, 2.75) is 46.2 Å². The molecular weight excluding hydrogens is 479 g/mol. The van der Waals surface area contributed by atoms with Gasteiger partial charge in [0.25, 0.3) is 0 Å². The zero-order valence-electron chi connectivity index (χ0n) is 21.2. The first-order chi connectivity index (χ1) is 17.8. The van der Waals surface area contributed by atoms with Crippen LogP contribution in [0.4, 0.5) is 13.2 Å². The molecule has 194 valence electrons. The molecule has 0 amide bonds. The van der Waals surface area contributed by atoms with Gasteiger partial charge in [-0.15, -0.1) is 0 Å². The van der Waals surface area contributed by atoms with Crippen LogP contribution in [0.3, 0.4) is 0 Å². The smallest absolute Gasteiger partial charge is 0.194 e. The number of nitrogens with zero attached hydrogens (tertiary/aromatic N) is 2. The topological polar surface area (TPSA) is 55.6 Å². The van der Waals surface area contributed by atoms with Crippen LogP contribution < -0.4 is 15.5 Å². The summed E-state index contributed by atoms with van der Waals surface area (Å²) in [5, 5.41) is 3.29. The van der Waals surface area contributed by atoms with Crippen LogP contribution in [0.1, 0.15) is 41.8 Å². The average Bonchev–Trinajstić information content (AvgIpc) is 2.89. The molecule has 1 aromatic heterocycles. The van der Waals surface area contributed by atoms with E-state index >= 15 is 4.39 Å². The summed E-state index contributed by atoms with van der Waals surface area (Å²) in [5.41, 5.74) is 2.21. The third-order valence-corrected chi connectivity index (χ3v) is 6.79. The normalized spacial score (nSPS) is 13.1. The number of pyridine rings is 1. The van der Waals surface area contributed by atoms with Crippen molar-refractivity contribution in [3.8, 4) is 16.9 Å². The van der Waals surface area contributed by atoms with Crippen LogP contribution in [-0.4, -0.2) is 23.9 Å². The van der Waals surface area contributed by atoms with Gasteiger partial charge in [-0.3, -0.25) is 9.79 Å². The van der Waals surface area contributed by atoms with Gasteiger partial charge < -0.3 is 14.6 Å². The van der Waals surface area contributed by atoms with Crippen LogP contribution in [0.2, 0.25) is 0 Å². The van der Waals surface area contributed by atoms with Crippen molar-refractivity contribution in [2.75, 3.05) is 13.7 Å². The summed E-state index contributed by atoms with van der Waals surface area (Å²) in [7, 11) is 1.35. The van der Waals surface area contributed by atoms with Gasteiger partial charge in [0.15, 0.2) is 17.0 Å². The molecule has 2 heterocycles. The lowest BCUT2D eigenvalue weighted by Gasteiger charge is -2.22. The molecule has 4 rings (SSSR count). The number of hydrogen-bond donors (Lipinski definition) is 1. The summed E-state index contributed by atoms with van der Waals surface area (Å²) in [4.78, 5) is 18.1. The Kier molecular flexibility index (Phi) is 8.28. The summed E-state index contributed by atoms with van der Waals surface area (Å²) < 4.78 is 51.3. The lowest BCUT2D eigenvalue weighted by molar-refractivity contribution is 0.387. The molecule has 0 spiro atoms. The Bertz CT molecular complexity index is 1410. The molecule has 0 radical (unpaired) electrons. The number of ether oxygens (including phenoxy) is 1. The molecular formula is C29H30F3N3O2. The average molecular weight is 510 g/mol. The molecule has 0 fully saturated rings. The first kappa shape index (κ1) is 26.4. The van der Waals surface area contributed by atoms with Gasteiger partial charge in [0.1, 0.15) is 11.6 Å². The van der Waals surface area contributed by atoms with Crippen LogP contribution in [0.25, 0.3) is 11.1 Å². The van der Waals surface area contributed by atoms with Gasteiger partial charge in [-0.1, -0.05) is 24.3 Å². The first-order valence-corrected chi connectivity index (χ1v) is 12.2. The fourth-order valence-corrected chi connectivity index (χ4v) is 4.68. The second kappa shape index (κ2) is 11.6. The number of aromatic nitrogens is 1. The molecule has 1 aliphatic rings. The molecule has 8 heteroatoms. The summed E-state index contributed by atoms with van der Waals surface area (Å²) in [5.74, 6) is -2.03. The number of allylic oxidation sites excluding steroid dienone is 1. The Balaban J connectivity index is 1.78. The first-order valence-electron chi connectivity index (χ1n) is 12.2. The van der Waals surface area contributed by atoms with Gasteiger partial charge in [-0.2, -0.15) is 0 Å². The van der Waals surface area contributed by atoms with E-state index in [9.17, 15) is 13.6 Å². The van der Waals surface area contributed by atoms with Crippen molar-refractivity contribution in [1.29, 1.82) is 0 Å². The summed E-state index contributed by atoms with van der Waals surface area (Å²) in [6.45, 7) is 4.07. The van der Waals surface area contributed by atoms with E-state index in [1.54, 1.807) is 30.7 Å². The van der Waals surface area contributed by atoms with Crippen molar-refractivity contribution in [1.82, 2.24) is 9.88 Å². The highest BCUT2D eigenvalue weighted by Gasteiger charge is 2.23. The molecule has 3 aromatic rings. The van der Waals surface area contributed by atoms with Gasteiger partial charge in [0.05, 0.1) is 19.2 Å². The number of aliphatic imine (C=N–C) groups is 1. The number of nitrogens with one attached hydrogen (secondary N) is 1. The lowest BCUT2D eigenvalue weighted by Crippen LogP contribution is -2.28. The number of methoxy groups -OCH3 is 1. The molecule has 2 aromatic carbocycles. The predicted molar refractivity (Wildman–Crippen MR) is 140 cm³/mol. The lowest BCUT2D eigenvalue weighted by atomic mass is 9.97. The highest BCUT2D eigenvalue weighted by molar-refractivity contribution is 5.85. The third-order valence-electron chi connectivity index (χ3n) is 6.79. The third kappa shape index (κ3) is 5.54. The van der Waals surface area contributed by atoms with Crippen LogP contribution in [-0.2, 0) is 13.1 Å². The fraction of sp³-hybridized carbons (Fsp3) is 0.310. The van der Waals surface area contributed by atoms with E-state index in [2.05, 4.69) is 10.3 Å². The highest BCUT2D eigenvalue weighted by Crippen LogP contribution is 2.31. The zero-order valence-corrected chi connectivity index (χ0v) is 21.2. The molecule has 0 saturated carbocycles. The second-order valence-electron chi connectivity index (χ2n) is 9.01. The summed E-state index contributed by atoms with van der Waals surface area (Å²) >= 11 is 0. The molecule has 37 heavy (non-hydrogen) atoms. The van der Waals surface area contributed by atoms with E-state index in [0.29, 0.717) is 23.5 Å². The van der Waals surface area contributed by atoms with Crippen LogP contribution in [0, 0.1) is 31.3 Å². The standard InChI is InChI=1S/C29H30F3N3O2/c1-18-22(16-33-15-13-20-8-4-5-14-34-20)29(36)27(21-9-6-12-26(37-3)28(21)32)19(2)35(18)17-23-24(30)10-7-11-25(23)31/h5-7,9-12,14,33H,4,8,13,15-17H2,1-3H3. The monoisotopic (exact) mass is 509 g/mol. The minimum absolute atomic E-state index is 0.00514. The largest absolute Gasteiger partial charge is 0.494 e. The zero-order chi connectivity index (χ0) is 26.5. The minimum atomic E-state index is -0.686. The van der Waals surface area contributed by atoms with E-state index < -0.39 is 17.5 Å². The number of hydrogen-bond acceptors (Lipinski definition) is 4. The van der Waals surface area contributed by atoms with E-state index in [0.717, 1.165) is 25.0 Å². The van der Waals surface area contributed by atoms with Crippen LogP contribution in [0.15, 0.2) is 58.5 Å². The van der Waals surface area contributed by atoms with Gasteiger partial charge in [-0.05, 0) is 51.3 Å². The van der Waals surface area contributed by atoms with Crippen molar-refractivity contribution < 1.29 is 17.9 Å². The SMILES string of the molecule is COc1cccc(-c2c(C)n(Cc3c(F)cccc3F)c(C)c(CNCCC3=NC=CCC3)c2=O)c1F. The van der Waals surface area contributed by atoms with Crippen molar-refractivity contribution >= 4 is 5.71 Å². The van der Waals surface area contributed by atoms with Crippen molar-refractivity contribution in [3.05, 3.63) is 98.9 Å². The van der Waals surface area contributed by atoms with Crippen LogP contribution >= 0.6 is 0 Å². The van der Waals surface area contributed by atoms with Gasteiger partial charge in [0.2, 0.25) is 0 Å². The molecule has 1 N–H and O–H groups in total. The maximum Gasteiger partial charge on any atom is 0.194 e. The Morgan fingerprint density at radius 2 is 1.76 bits per heavy atom. The number of benzene rings is 2. The fourth-order valence-electron chi connectivity index (χ4n) is 4.68. The maximum atomic E-state index is 15.3. The Hall–Kier alpha value is -3.65. The van der Waals surface area contributed by atoms with Crippen molar-refractivity contribution in [3.63, 3.8) is 0 Å². The Morgan fingerprint density at radius 1 is 1.03 bits per heavy atom. The quantitative estimate of drug-likeness (QED) is 0.369. The molecule has 1 aliphatic heterocycles. The van der Waals surface area contributed by atoms with E-state index in [-0.39, 0.29) is 41.0 Å². The van der Waals surface area contributed by atoms with Gasteiger partial charge in [-0.25, -0.2) is 13.2 Å². The summed E-state index contributed by atoms with van der Waals surface area (Å²) in [6, 6.07) is 8.28. The minimum Gasteiger partial charge on any atom is -0.494 e. The number of halogens is 3. The maximum absolute atomic E-state index is 15.3. The Labute approximate surface area is 214 Å². The molecule has 5 nitrogen and oxygen atoms in total. The second-order valence-corrected chi connectivity index (χ2v) is 9.01. The van der Waals surface area contributed by atoms with E-state index in [4.69, 9.17) is 4.74 Å². The van der Waals surface area contributed by atoms with Gasteiger partial charge in [0, 0.05) is 53.1 Å². The van der Waals surface area contributed by atoms with Crippen LogP contribution in [0.5, 0.6) is 5.75 Å². The Morgan fingerprint density at radius 3 is 2.43 bits per heavy atom. The highest BCUT2D eigenvalue weighted by atomic mass is 19.1. The van der Waals surface area contributed by atoms with Gasteiger partial charge >= 0.3 is 0 Å². The molecule has 0 bridgehead atoms. The summed E-state index contributed by atoms with van der Waals surface area (Å²) in [6.07, 6.45) is 6.43. The molecule has 0 aliphatic carbocycles. The van der Waals surface area contributed by atoms with E-state index in [1.165, 1.54) is 37.4 Å². The van der Waals surface area contributed by atoms with E-state index in [1.807, 2.05) is 6.08 Å². The predicted octanol–water partition coefficient (Wildman–Crippen LogP) is 5.83. The molecule has 0 atom stereocenters. The number of rotatable bonds is 9.